The molecule has 3 heteroatoms. The molecule has 0 saturated heterocycles. The summed E-state index contributed by atoms with van der Waals surface area (Å²) in [7, 11) is 0. The Labute approximate surface area is 329 Å². The summed E-state index contributed by atoms with van der Waals surface area (Å²) in [4.78, 5) is 0. The minimum absolute atomic E-state index is 1.14. The highest BCUT2D eigenvalue weighted by atomic mass is 15.0. The number of rotatable bonds is 5. The standard InChI is InChI=1S/C54H35N3/c1-3-17-36(18-4-1)37-19-15-22-39(35-37)56-46-29-11-7-23-40(46)42-27-16-28-43(54(42)56)41-24-8-12-30-47(41)57-49-32-14-10-26-45(49)53-51(57)34-33-50-52(53)44-25-9-13-31-48(44)55(50)38-20-5-2-6-21-38/h1-35H. The Morgan fingerprint density at radius 1 is 0.263 bits per heavy atom. The smallest absolute Gasteiger partial charge is 0.0620 e. The van der Waals surface area contributed by atoms with Crippen molar-refractivity contribution >= 4 is 65.4 Å². The molecule has 0 N–H and O–H groups in total. The van der Waals surface area contributed by atoms with Crippen molar-refractivity contribution in [3.8, 4) is 39.3 Å². The summed E-state index contributed by atoms with van der Waals surface area (Å²) in [6, 6.07) is 77.3. The van der Waals surface area contributed by atoms with E-state index < -0.39 is 0 Å². The lowest BCUT2D eigenvalue weighted by Crippen LogP contribution is -2.00. The van der Waals surface area contributed by atoms with E-state index in [0.717, 1.165) is 17.1 Å². The van der Waals surface area contributed by atoms with E-state index in [1.54, 1.807) is 0 Å². The average Bonchev–Trinajstić information content (AvgIpc) is 3.93. The van der Waals surface area contributed by atoms with Crippen LogP contribution < -0.4 is 0 Å². The Morgan fingerprint density at radius 3 is 1.49 bits per heavy atom. The molecule has 266 valence electrons. The van der Waals surface area contributed by atoms with Gasteiger partial charge in [0.1, 0.15) is 0 Å². The first-order valence-corrected chi connectivity index (χ1v) is 19.6. The van der Waals surface area contributed by atoms with Crippen LogP contribution in [-0.4, -0.2) is 13.7 Å². The molecule has 0 aliphatic rings. The third-order valence-electron chi connectivity index (χ3n) is 11.8. The van der Waals surface area contributed by atoms with Gasteiger partial charge in [-0.05, 0) is 71.8 Å². The summed E-state index contributed by atoms with van der Waals surface area (Å²) >= 11 is 0. The van der Waals surface area contributed by atoms with Gasteiger partial charge in [0.2, 0.25) is 0 Å². The maximum Gasteiger partial charge on any atom is 0.0620 e. The molecule has 3 aromatic heterocycles. The molecule has 0 saturated carbocycles. The minimum Gasteiger partial charge on any atom is -0.309 e. The number of aromatic nitrogens is 3. The van der Waals surface area contributed by atoms with Crippen molar-refractivity contribution in [2.75, 3.05) is 0 Å². The Hall–Kier alpha value is -7.62. The lowest BCUT2D eigenvalue weighted by atomic mass is 9.99. The van der Waals surface area contributed by atoms with Crippen LogP contribution in [0.1, 0.15) is 0 Å². The van der Waals surface area contributed by atoms with Crippen LogP contribution in [0.25, 0.3) is 105 Å². The molecule has 0 aliphatic heterocycles. The van der Waals surface area contributed by atoms with Crippen molar-refractivity contribution in [2.45, 2.75) is 0 Å². The second-order valence-corrected chi connectivity index (χ2v) is 14.9. The molecule has 0 amide bonds. The zero-order valence-corrected chi connectivity index (χ0v) is 31.0. The number of hydrogen-bond acceptors (Lipinski definition) is 0. The second kappa shape index (κ2) is 12.5. The molecule has 0 aliphatic carbocycles. The zero-order valence-electron chi connectivity index (χ0n) is 31.0. The van der Waals surface area contributed by atoms with Gasteiger partial charge >= 0.3 is 0 Å². The molecule has 57 heavy (non-hydrogen) atoms. The number of fused-ring (bicyclic) bond motifs is 10. The van der Waals surface area contributed by atoms with Crippen LogP contribution >= 0.6 is 0 Å². The first-order valence-electron chi connectivity index (χ1n) is 19.6. The molecule has 3 heterocycles. The van der Waals surface area contributed by atoms with E-state index in [9.17, 15) is 0 Å². The van der Waals surface area contributed by atoms with Gasteiger partial charge in [-0.15, -0.1) is 0 Å². The van der Waals surface area contributed by atoms with Crippen LogP contribution in [0, 0.1) is 0 Å². The monoisotopic (exact) mass is 725 g/mol. The van der Waals surface area contributed by atoms with Crippen LogP contribution in [0.3, 0.4) is 0 Å². The molecule has 12 aromatic rings. The summed E-state index contributed by atoms with van der Waals surface area (Å²) in [5.74, 6) is 0. The predicted molar refractivity (Wildman–Crippen MR) is 240 cm³/mol. The fraction of sp³-hybridized carbons (Fsp3) is 0. The van der Waals surface area contributed by atoms with E-state index in [0.29, 0.717) is 0 Å². The summed E-state index contributed by atoms with van der Waals surface area (Å²) in [6.45, 7) is 0. The van der Waals surface area contributed by atoms with Crippen molar-refractivity contribution in [1.29, 1.82) is 0 Å². The number of hydrogen-bond donors (Lipinski definition) is 0. The Kier molecular flexibility index (Phi) is 6.93. The molecule has 0 unspecified atom stereocenters. The van der Waals surface area contributed by atoms with Gasteiger partial charge in [0.25, 0.3) is 0 Å². The number of para-hydroxylation sites is 6. The van der Waals surface area contributed by atoms with Gasteiger partial charge in [0.15, 0.2) is 0 Å². The van der Waals surface area contributed by atoms with Gasteiger partial charge < -0.3 is 13.7 Å². The maximum atomic E-state index is 2.50. The highest BCUT2D eigenvalue weighted by Gasteiger charge is 2.23. The first-order chi connectivity index (χ1) is 28.3. The van der Waals surface area contributed by atoms with Crippen molar-refractivity contribution < 1.29 is 0 Å². The molecule has 0 atom stereocenters. The molecular weight excluding hydrogens is 691 g/mol. The summed E-state index contributed by atoms with van der Waals surface area (Å²) in [5, 5.41) is 7.53. The van der Waals surface area contributed by atoms with Gasteiger partial charge in [-0.1, -0.05) is 152 Å². The fourth-order valence-electron chi connectivity index (χ4n) is 9.49. The van der Waals surface area contributed by atoms with Gasteiger partial charge in [-0.25, -0.2) is 0 Å². The fourth-order valence-corrected chi connectivity index (χ4v) is 9.49. The summed E-state index contributed by atoms with van der Waals surface area (Å²) in [5.41, 5.74) is 15.4. The Morgan fingerprint density at radius 2 is 0.754 bits per heavy atom. The molecule has 0 bridgehead atoms. The Balaban J connectivity index is 1.16. The molecule has 9 aromatic carbocycles. The second-order valence-electron chi connectivity index (χ2n) is 14.9. The van der Waals surface area contributed by atoms with Gasteiger partial charge in [0, 0.05) is 54.8 Å². The van der Waals surface area contributed by atoms with Crippen LogP contribution in [0.4, 0.5) is 0 Å². The largest absolute Gasteiger partial charge is 0.309 e. The molecule has 0 radical (unpaired) electrons. The van der Waals surface area contributed by atoms with E-state index >= 15 is 0 Å². The molecule has 0 fully saturated rings. The topological polar surface area (TPSA) is 14.8 Å². The first kappa shape index (κ1) is 31.7. The normalized spacial score (nSPS) is 11.9. The van der Waals surface area contributed by atoms with Crippen LogP contribution in [0.15, 0.2) is 212 Å². The van der Waals surface area contributed by atoms with Crippen LogP contribution in [0.2, 0.25) is 0 Å². The average molecular weight is 726 g/mol. The van der Waals surface area contributed by atoms with Gasteiger partial charge in [0.05, 0.1) is 38.8 Å². The third-order valence-corrected chi connectivity index (χ3v) is 11.8. The number of nitrogens with zero attached hydrogens (tertiary/aromatic N) is 3. The summed E-state index contributed by atoms with van der Waals surface area (Å²) < 4.78 is 7.38. The van der Waals surface area contributed by atoms with E-state index in [1.807, 2.05) is 0 Å². The highest BCUT2D eigenvalue weighted by Crippen LogP contribution is 2.45. The van der Waals surface area contributed by atoms with Gasteiger partial charge in [-0.3, -0.25) is 0 Å². The van der Waals surface area contributed by atoms with Crippen molar-refractivity contribution in [3.63, 3.8) is 0 Å². The van der Waals surface area contributed by atoms with Gasteiger partial charge in [-0.2, -0.15) is 0 Å². The maximum absolute atomic E-state index is 2.50. The minimum atomic E-state index is 1.14. The van der Waals surface area contributed by atoms with E-state index in [2.05, 4.69) is 226 Å². The lowest BCUT2D eigenvalue weighted by Gasteiger charge is -2.17. The van der Waals surface area contributed by atoms with Crippen LogP contribution in [-0.2, 0) is 0 Å². The number of benzene rings is 9. The molecule has 0 spiro atoms. The zero-order chi connectivity index (χ0) is 37.5. The van der Waals surface area contributed by atoms with E-state index in [-0.39, 0.29) is 0 Å². The predicted octanol–water partition coefficient (Wildman–Crippen LogP) is 14.3. The third kappa shape index (κ3) is 4.66. The molecule has 3 nitrogen and oxygen atoms in total. The lowest BCUT2D eigenvalue weighted by molar-refractivity contribution is 1.17. The van der Waals surface area contributed by atoms with Crippen LogP contribution in [0.5, 0.6) is 0 Å². The quantitative estimate of drug-likeness (QED) is 0.168. The molecular formula is C54H35N3. The van der Waals surface area contributed by atoms with E-state index in [4.69, 9.17) is 0 Å². The Bertz CT molecular complexity index is 3510. The summed E-state index contributed by atoms with van der Waals surface area (Å²) in [6.07, 6.45) is 0. The molecule has 12 rings (SSSR count). The highest BCUT2D eigenvalue weighted by molar-refractivity contribution is 6.29. The van der Waals surface area contributed by atoms with Crippen molar-refractivity contribution in [3.05, 3.63) is 212 Å². The SMILES string of the molecule is c1ccc(-c2cccc(-n3c4ccccc4c4cccc(-c5ccccc5-n5c6ccccc6c6c7c8ccccc8n(-c8ccccc8)c7ccc65)c43)c2)cc1. The van der Waals surface area contributed by atoms with Crippen molar-refractivity contribution in [2.24, 2.45) is 0 Å². The van der Waals surface area contributed by atoms with Crippen molar-refractivity contribution in [1.82, 2.24) is 13.7 Å². The van der Waals surface area contributed by atoms with E-state index in [1.165, 1.54) is 87.7 Å².